The van der Waals surface area contributed by atoms with E-state index >= 15 is 0 Å². The third-order valence-corrected chi connectivity index (χ3v) is 3.05. The number of allylic oxidation sites excluding steroid dienone is 2. The Morgan fingerprint density at radius 2 is 2.06 bits per heavy atom. The molecule has 0 aromatic heterocycles. The van der Waals surface area contributed by atoms with Crippen LogP contribution in [0.25, 0.3) is 0 Å². The van der Waals surface area contributed by atoms with E-state index in [1.165, 1.54) is 0 Å². The van der Waals surface area contributed by atoms with Crippen LogP contribution in [-0.4, -0.2) is 11.3 Å². The van der Waals surface area contributed by atoms with Crippen molar-refractivity contribution in [1.29, 1.82) is 5.26 Å². The highest BCUT2D eigenvalue weighted by atomic mass is 15.0. The first-order valence-corrected chi connectivity index (χ1v) is 5.86. The van der Waals surface area contributed by atoms with Gasteiger partial charge in [-0.25, -0.2) is 4.99 Å². The fraction of sp³-hybridized carbons (Fsp3) is 0.429. The topological polar surface area (TPSA) is 48.2 Å². The van der Waals surface area contributed by atoms with Crippen LogP contribution in [0.3, 0.4) is 0 Å². The Hall–Kier alpha value is -1.82. The molecule has 1 fully saturated rings. The smallest absolute Gasteiger partial charge is 0.115 e. The summed E-state index contributed by atoms with van der Waals surface area (Å²) < 4.78 is 0. The predicted octanol–water partition coefficient (Wildman–Crippen LogP) is 3.09. The Morgan fingerprint density at radius 1 is 1.41 bits per heavy atom. The fourth-order valence-electron chi connectivity index (χ4n) is 2.27. The minimum absolute atomic E-state index is 0.173. The van der Waals surface area contributed by atoms with Crippen LogP contribution in [0.4, 0.5) is 0 Å². The quantitative estimate of drug-likeness (QED) is 0.581. The normalized spacial score (nSPS) is 19.5. The number of aliphatic imine (C=N–C) groups is 1. The van der Waals surface area contributed by atoms with E-state index in [1.807, 2.05) is 6.08 Å². The molecule has 0 saturated heterocycles. The summed E-state index contributed by atoms with van der Waals surface area (Å²) in [5, 5.41) is 12.1. The van der Waals surface area contributed by atoms with Crippen LogP contribution in [0.1, 0.15) is 32.6 Å². The van der Waals surface area contributed by atoms with Gasteiger partial charge in [-0.2, -0.15) is 5.26 Å². The molecule has 0 spiro atoms. The Balaban J connectivity index is 3.12. The van der Waals surface area contributed by atoms with E-state index in [4.69, 9.17) is 5.26 Å². The molecule has 0 atom stereocenters. The maximum atomic E-state index is 8.83. The lowest BCUT2D eigenvalue weighted by Gasteiger charge is -2.30. The Bertz CT molecular complexity index is 390. The van der Waals surface area contributed by atoms with Crippen LogP contribution in [-0.2, 0) is 0 Å². The number of nitriles is 1. The fourth-order valence-corrected chi connectivity index (χ4v) is 2.27. The van der Waals surface area contributed by atoms with Gasteiger partial charge in [-0.05, 0) is 32.0 Å². The predicted molar refractivity (Wildman–Crippen MR) is 71.5 cm³/mol. The maximum Gasteiger partial charge on any atom is 0.115 e. The van der Waals surface area contributed by atoms with Crippen molar-refractivity contribution < 1.29 is 0 Å². The van der Waals surface area contributed by atoms with Crippen molar-refractivity contribution in [2.75, 3.05) is 0 Å². The molecule has 1 aliphatic carbocycles. The van der Waals surface area contributed by atoms with E-state index in [9.17, 15) is 0 Å². The standard InChI is InChI=1S/C14H19N3/c1-4-8-13(17-12(3)11-15)14(16-5-2)9-6-7-10-14/h4-5,8,16H,1-2,6-7,9-10H2,3H3/b13-8-,17-12+. The third-order valence-electron chi connectivity index (χ3n) is 3.05. The highest BCUT2D eigenvalue weighted by Crippen LogP contribution is 2.36. The Kier molecular flexibility index (Phi) is 4.71. The summed E-state index contributed by atoms with van der Waals surface area (Å²) in [5.41, 5.74) is 1.17. The number of hydrogen-bond donors (Lipinski definition) is 1. The third kappa shape index (κ3) is 3.07. The van der Waals surface area contributed by atoms with Gasteiger partial charge in [0.25, 0.3) is 0 Å². The van der Waals surface area contributed by atoms with Gasteiger partial charge < -0.3 is 5.32 Å². The van der Waals surface area contributed by atoms with E-state index in [2.05, 4.69) is 29.5 Å². The summed E-state index contributed by atoms with van der Waals surface area (Å²) in [7, 11) is 0. The highest BCUT2D eigenvalue weighted by Gasteiger charge is 2.36. The van der Waals surface area contributed by atoms with Crippen molar-refractivity contribution in [3.8, 4) is 6.07 Å². The molecule has 0 aromatic rings. The molecule has 17 heavy (non-hydrogen) atoms. The molecule has 0 aliphatic heterocycles. The SMILES string of the molecule is C=C/C=C(\N=C(/C)C#N)C1(NC=C)CCCC1. The molecule has 0 radical (unpaired) electrons. The molecule has 0 amide bonds. The molecular weight excluding hydrogens is 210 g/mol. The van der Waals surface area contributed by atoms with Crippen LogP contribution in [0, 0.1) is 11.3 Å². The molecular formula is C14H19N3. The molecule has 3 heteroatoms. The van der Waals surface area contributed by atoms with Crippen molar-refractivity contribution >= 4 is 5.71 Å². The first-order chi connectivity index (χ1) is 8.18. The summed E-state index contributed by atoms with van der Waals surface area (Å²) >= 11 is 0. The summed E-state index contributed by atoms with van der Waals surface area (Å²) in [6.07, 6.45) is 9.66. The molecule has 1 aliphatic rings. The molecule has 90 valence electrons. The van der Waals surface area contributed by atoms with E-state index in [0.29, 0.717) is 5.71 Å². The molecule has 1 N–H and O–H groups in total. The van der Waals surface area contributed by atoms with Crippen molar-refractivity contribution in [2.45, 2.75) is 38.1 Å². The lowest BCUT2D eigenvalue weighted by Crippen LogP contribution is -2.40. The van der Waals surface area contributed by atoms with E-state index < -0.39 is 0 Å². The number of nitrogens with zero attached hydrogens (tertiary/aromatic N) is 2. The second kappa shape index (κ2) is 6.05. The Morgan fingerprint density at radius 3 is 2.53 bits per heavy atom. The second-order valence-electron chi connectivity index (χ2n) is 4.23. The molecule has 0 bridgehead atoms. The van der Waals surface area contributed by atoms with E-state index in [0.717, 1.165) is 31.4 Å². The van der Waals surface area contributed by atoms with Crippen LogP contribution >= 0.6 is 0 Å². The summed E-state index contributed by atoms with van der Waals surface area (Å²) in [4.78, 5) is 4.39. The van der Waals surface area contributed by atoms with Gasteiger partial charge in [0.15, 0.2) is 0 Å². The van der Waals surface area contributed by atoms with Crippen LogP contribution in [0.5, 0.6) is 0 Å². The van der Waals surface area contributed by atoms with E-state index in [-0.39, 0.29) is 5.54 Å². The average Bonchev–Trinajstić information content (AvgIpc) is 2.78. The lowest BCUT2D eigenvalue weighted by atomic mass is 9.92. The molecule has 0 aromatic carbocycles. The monoisotopic (exact) mass is 229 g/mol. The number of hydrogen-bond acceptors (Lipinski definition) is 3. The van der Waals surface area contributed by atoms with Gasteiger partial charge in [0.05, 0.1) is 11.2 Å². The molecule has 0 unspecified atom stereocenters. The highest BCUT2D eigenvalue weighted by molar-refractivity contribution is 5.97. The Labute approximate surface area is 103 Å². The molecule has 0 heterocycles. The van der Waals surface area contributed by atoms with Crippen molar-refractivity contribution in [3.05, 3.63) is 37.2 Å². The van der Waals surface area contributed by atoms with Crippen LogP contribution in [0.15, 0.2) is 42.2 Å². The van der Waals surface area contributed by atoms with Crippen molar-refractivity contribution in [3.63, 3.8) is 0 Å². The summed E-state index contributed by atoms with van der Waals surface area (Å²) in [6, 6.07) is 2.06. The summed E-state index contributed by atoms with van der Waals surface area (Å²) in [6.45, 7) is 9.16. The van der Waals surface area contributed by atoms with Gasteiger partial charge >= 0.3 is 0 Å². The second-order valence-corrected chi connectivity index (χ2v) is 4.23. The minimum atomic E-state index is -0.173. The number of rotatable bonds is 5. The van der Waals surface area contributed by atoms with Crippen LogP contribution in [0.2, 0.25) is 0 Å². The van der Waals surface area contributed by atoms with Gasteiger partial charge in [0.2, 0.25) is 0 Å². The maximum absolute atomic E-state index is 8.83. The zero-order chi connectivity index (χ0) is 12.7. The van der Waals surface area contributed by atoms with Gasteiger partial charge in [-0.3, -0.25) is 0 Å². The minimum Gasteiger partial charge on any atom is -0.380 e. The first kappa shape index (κ1) is 13.2. The zero-order valence-corrected chi connectivity index (χ0v) is 10.4. The van der Waals surface area contributed by atoms with Gasteiger partial charge in [-0.15, -0.1) is 0 Å². The average molecular weight is 229 g/mol. The first-order valence-electron chi connectivity index (χ1n) is 5.86. The van der Waals surface area contributed by atoms with Gasteiger partial charge in [0, 0.05) is 0 Å². The van der Waals surface area contributed by atoms with Crippen molar-refractivity contribution in [1.82, 2.24) is 5.32 Å². The number of nitrogens with one attached hydrogen (secondary N) is 1. The zero-order valence-electron chi connectivity index (χ0n) is 10.4. The lowest BCUT2D eigenvalue weighted by molar-refractivity contribution is 0.439. The molecule has 1 rings (SSSR count). The van der Waals surface area contributed by atoms with Gasteiger partial charge in [-0.1, -0.05) is 32.1 Å². The molecule has 1 saturated carbocycles. The summed E-state index contributed by atoms with van der Waals surface area (Å²) in [5.74, 6) is 0. The van der Waals surface area contributed by atoms with Crippen molar-refractivity contribution in [2.24, 2.45) is 4.99 Å². The molecule has 3 nitrogen and oxygen atoms in total. The van der Waals surface area contributed by atoms with Gasteiger partial charge in [0.1, 0.15) is 11.8 Å². The van der Waals surface area contributed by atoms with E-state index in [1.54, 1.807) is 19.2 Å². The largest absolute Gasteiger partial charge is 0.380 e. The van der Waals surface area contributed by atoms with Crippen LogP contribution < -0.4 is 5.32 Å².